The lowest BCUT2D eigenvalue weighted by Crippen LogP contribution is -2.46. The molecule has 6 saturated carbocycles. The van der Waals surface area contributed by atoms with E-state index in [2.05, 4.69) is 78.7 Å². The summed E-state index contributed by atoms with van der Waals surface area (Å²) < 4.78 is 114. The maximum absolute atomic E-state index is 14.3. The number of carboxylic acid groups (broad SMARTS) is 1. The molecular formula is C92H133Cl6F6N11O10Si2. The first-order valence-corrected chi connectivity index (χ1v) is 51.8. The number of Topliss-reactive ketones (excluding diaryl/α,β-unsaturated/α-hetero) is 3. The number of pyridine rings is 3. The van der Waals surface area contributed by atoms with Gasteiger partial charge < -0.3 is 28.9 Å². The molecule has 0 aliphatic heterocycles. The van der Waals surface area contributed by atoms with Crippen LogP contribution in [0.25, 0.3) is 0 Å². The van der Waals surface area contributed by atoms with E-state index < -0.39 is 89.4 Å². The van der Waals surface area contributed by atoms with Gasteiger partial charge in [-0.3, -0.25) is 53.0 Å². The summed E-state index contributed by atoms with van der Waals surface area (Å²) in [6.07, 6.45) is 16.8. The standard InChI is InChI=1S/C32H45Cl2F3N4O3Si.C26H31Cl2F3N4O3.C19H31Cl2NOSi.C14H20N2O3.CH4.H2/c1-7-45(8-2,9-3)44-27(28-25(33)17-38-18-26(28)34)19-40(20-31(14-15-31)32(35,36)37)29(43)24-16-39-41(21(24)4)23-10-12-30(6,13-11-23)22(5)42;1-15-18(10-33-35(15)17-4-6-24(3,7-5-17)16(2)36)23(38)34(14-25(8-9-25)26(29,30)31)13-21(37)22-19(27)11-32-12-20(22)28;1-5-24(6-2,7-3)23-17(9-8-10-19(4)11-12-19)18-15(20)13-22-14-16(18)21;1-9-12(13(18)19)8-15-16(9)11-4-6-14(3,7-5-11)10(2)17;;/h16-18,23,27H,7-15,19-20H2,1-6H3;10-12,17,21,37H,4-9,13-14H2,1-3H3;13-14,17H,5-12H2,1-4H3;8,11H,4-7H2,1-3H3,(H,18,19);1H4;1H/i;;;;;1+1D. The molecule has 6 aromatic heterocycles. The van der Waals surface area contributed by atoms with Crippen molar-refractivity contribution in [3.63, 3.8) is 0 Å². The zero-order chi connectivity index (χ0) is 95.4. The summed E-state index contributed by atoms with van der Waals surface area (Å²) in [4.78, 5) is 89.2. The summed E-state index contributed by atoms with van der Waals surface area (Å²) in [5.74, 6) is -1.58. The molecule has 0 saturated heterocycles. The second-order valence-electron chi connectivity index (χ2n) is 37.5. The fraction of sp³-hybridized carbons (Fsp3) is 0.674. The highest BCUT2D eigenvalue weighted by atomic mass is 35.5. The molecule has 6 aliphatic carbocycles. The van der Waals surface area contributed by atoms with Crippen LogP contribution < -0.4 is 0 Å². The van der Waals surface area contributed by atoms with Crippen molar-refractivity contribution in [1.29, 1.82) is 0 Å². The second-order valence-corrected chi connectivity index (χ2v) is 49.4. The van der Waals surface area contributed by atoms with Gasteiger partial charge in [0.15, 0.2) is 16.6 Å². The van der Waals surface area contributed by atoms with Gasteiger partial charge in [-0.05, 0) is 212 Å². The van der Waals surface area contributed by atoms with Crippen LogP contribution in [0.1, 0.15) is 337 Å². The highest BCUT2D eigenvalue weighted by Gasteiger charge is 2.65. The van der Waals surface area contributed by atoms with E-state index in [1.54, 1.807) is 63.3 Å². The number of hydrogen-bond donors (Lipinski definition) is 2. The number of rotatable bonds is 34. The van der Waals surface area contributed by atoms with Crippen molar-refractivity contribution in [1.82, 2.24) is 54.1 Å². The number of aromatic carboxylic acids is 1. The van der Waals surface area contributed by atoms with E-state index in [0.717, 1.165) is 98.1 Å². The molecule has 0 spiro atoms. The Morgan fingerprint density at radius 2 is 0.756 bits per heavy atom. The fourth-order valence-electron chi connectivity index (χ4n) is 18.3. The number of carboxylic acids is 1. The summed E-state index contributed by atoms with van der Waals surface area (Å²) in [7, 11) is -4.08. The molecule has 6 aliphatic rings. The summed E-state index contributed by atoms with van der Waals surface area (Å²) >= 11 is 38.4. The van der Waals surface area contributed by atoms with E-state index in [0.29, 0.717) is 76.6 Å². The van der Waals surface area contributed by atoms with Gasteiger partial charge in [0.25, 0.3) is 11.8 Å². The van der Waals surface area contributed by atoms with Gasteiger partial charge in [-0.25, -0.2) is 4.79 Å². The molecule has 12 rings (SSSR count). The Morgan fingerprint density at radius 1 is 0.472 bits per heavy atom. The van der Waals surface area contributed by atoms with E-state index in [1.807, 2.05) is 25.5 Å². The number of nitrogens with zero attached hydrogens (tertiary/aromatic N) is 11. The van der Waals surface area contributed by atoms with Gasteiger partial charge in [-0.2, -0.15) is 41.6 Å². The minimum Gasteiger partial charge on any atom is -0.478 e. The van der Waals surface area contributed by atoms with E-state index in [4.69, 9.17) is 86.5 Å². The minimum absolute atomic E-state index is 0. The van der Waals surface area contributed by atoms with Crippen molar-refractivity contribution >= 4 is 121 Å². The second kappa shape index (κ2) is 43.4. The third-order valence-electron chi connectivity index (χ3n) is 29.5. The number of hydrogen-bond acceptors (Lipinski definition) is 15. The van der Waals surface area contributed by atoms with Crippen LogP contribution in [0.3, 0.4) is 0 Å². The molecule has 35 heteroatoms. The Labute approximate surface area is 780 Å². The maximum atomic E-state index is 14.3. The first-order chi connectivity index (χ1) is 60.0. The van der Waals surface area contributed by atoms with Crippen LogP contribution in [-0.2, 0) is 23.2 Å². The van der Waals surface area contributed by atoms with Crippen molar-refractivity contribution < 1.29 is 77.1 Å². The number of aromatic nitrogens is 9. The van der Waals surface area contributed by atoms with Gasteiger partial charge in [0.1, 0.15) is 22.9 Å². The van der Waals surface area contributed by atoms with E-state index in [9.17, 15) is 60.2 Å². The molecule has 2 N–H and O–H groups in total. The van der Waals surface area contributed by atoms with Crippen LogP contribution in [0, 0.1) is 53.3 Å². The lowest BCUT2D eigenvalue weighted by Gasteiger charge is -2.38. The van der Waals surface area contributed by atoms with Crippen LogP contribution >= 0.6 is 69.6 Å². The van der Waals surface area contributed by atoms with Crippen molar-refractivity contribution in [2.75, 3.05) is 26.2 Å². The Balaban J connectivity index is 0.000000245. The predicted octanol–water partition coefficient (Wildman–Crippen LogP) is 26.2. The van der Waals surface area contributed by atoms with Gasteiger partial charge >= 0.3 is 18.3 Å². The quantitative estimate of drug-likeness (QED) is 0.0281. The average Bonchev–Trinajstić information content (AvgIpc) is 1.58. The zero-order valence-electron chi connectivity index (χ0n) is 77.7. The molecule has 0 aromatic carbocycles. The Hall–Kier alpha value is -5.87. The van der Waals surface area contributed by atoms with E-state index in [1.165, 1.54) is 67.5 Å². The summed E-state index contributed by atoms with van der Waals surface area (Å²) in [6.45, 7) is 29.7. The molecule has 3 atom stereocenters. The first kappa shape index (κ1) is 105. The number of ketones is 3. The van der Waals surface area contributed by atoms with E-state index >= 15 is 0 Å². The van der Waals surface area contributed by atoms with Gasteiger partial charge in [0.05, 0.1) is 126 Å². The van der Waals surface area contributed by atoms with Crippen molar-refractivity contribution in [2.24, 2.45) is 32.5 Å². The van der Waals surface area contributed by atoms with Crippen LogP contribution in [-0.4, -0.2) is 155 Å². The van der Waals surface area contributed by atoms with Crippen molar-refractivity contribution in [3.05, 3.63) is 136 Å². The maximum Gasteiger partial charge on any atom is 0.396 e. The van der Waals surface area contributed by atoms with Gasteiger partial charge in [0.2, 0.25) is 0 Å². The summed E-state index contributed by atoms with van der Waals surface area (Å²) in [5, 5.41) is 35.0. The van der Waals surface area contributed by atoms with Crippen LogP contribution in [0.15, 0.2) is 55.8 Å². The molecule has 0 radical (unpaired) electrons. The van der Waals surface area contributed by atoms with Gasteiger partial charge in [-0.1, -0.05) is 153 Å². The van der Waals surface area contributed by atoms with Crippen molar-refractivity contribution in [3.8, 4) is 0 Å². The third-order valence-corrected chi connectivity index (χ3v) is 40.6. The summed E-state index contributed by atoms with van der Waals surface area (Å²) in [5.41, 5.74) is -0.403. The first-order valence-electron chi connectivity index (χ1n) is 45.5. The zero-order valence-corrected chi connectivity index (χ0v) is 82.2. The molecule has 6 fully saturated rings. The van der Waals surface area contributed by atoms with Crippen LogP contribution in [0.4, 0.5) is 26.3 Å². The molecule has 127 heavy (non-hydrogen) atoms. The van der Waals surface area contributed by atoms with Crippen LogP contribution in [0.2, 0.25) is 66.4 Å². The Bertz CT molecular complexity index is 4730. The number of carbonyl (C=O) groups is 6. The molecule has 0 bridgehead atoms. The third kappa shape index (κ3) is 25.0. The normalized spacial score (nSPS) is 22.4. The highest BCUT2D eigenvalue weighted by Crippen LogP contribution is 2.60. The molecule has 6 heterocycles. The number of aliphatic hydroxyl groups excluding tert-OH is 1. The molecule has 6 aromatic rings. The molecular weight excluding hydrogens is 1800 g/mol. The lowest BCUT2D eigenvalue weighted by atomic mass is 9.71. The van der Waals surface area contributed by atoms with Crippen LogP contribution in [0.5, 0.6) is 0 Å². The van der Waals surface area contributed by atoms with Gasteiger partial charge in [-0.15, -0.1) is 0 Å². The van der Waals surface area contributed by atoms with Crippen molar-refractivity contribution in [2.45, 2.75) is 338 Å². The molecule has 3 unspecified atom stereocenters. The number of alkyl halides is 6. The molecule has 708 valence electrons. The van der Waals surface area contributed by atoms with Gasteiger partial charge in [0, 0.05) is 97.6 Å². The minimum atomic E-state index is -4.49. The molecule has 21 nitrogen and oxygen atoms in total. The monoisotopic (exact) mass is 1930 g/mol. The lowest BCUT2D eigenvalue weighted by molar-refractivity contribution is -0.191. The fourth-order valence-corrected chi connectivity index (χ4v) is 25.8. The molecule has 2 amide bonds. The average molecular weight is 1940 g/mol. The largest absolute Gasteiger partial charge is 0.478 e. The number of aliphatic hydroxyl groups is 1. The summed E-state index contributed by atoms with van der Waals surface area (Å²) in [6, 6.07) is 5.93. The Kier molecular flexibility index (Phi) is 35.9. The number of amides is 2. The number of carbonyl (C=O) groups excluding carboxylic acids is 5. The SMILES string of the molecule is C.CC(=O)C1(C)CCC(n2ncc(C(=O)N(CC(O)c3c(Cl)cncc3Cl)CC3(C(F)(F)F)CC3)c2C)CC1.CC(=O)C1(C)CCC(n2ncc(C(=O)O)c2C)CC1.CC[Si](CC)(CC)OC(CCCC1(C)CC1)c1c(Cl)cncc1Cl.CC[Si](CC)(CC)OC(CN(CC1(C(F)(F)F)CC1)C(=O)c1cnn(C2CCC(C)(C(C)=O)CC2)c1C)c1c(Cl)cncc1Cl.[2H][2H]. The van der Waals surface area contributed by atoms with E-state index in [-0.39, 0.29) is 140 Å². The highest BCUT2D eigenvalue weighted by molar-refractivity contribution is 6.74. The topological polar surface area (TPSA) is 260 Å². The Morgan fingerprint density at radius 3 is 1.03 bits per heavy atom. The predicted molar refractivity (Wildman–Crippen MR) is 494 cm³/mol. The number of halogens is 12. The smallest absolute Gasteiger partial charge is 0.396 e.